The number of aliphatic hydroxyl groups excluding tert-OH is 3. The lowest BCUT2D eigenvalue weighted by molar-refractivity contribution is -0.0508. The van der Waals surface area contributed by atoms with E-state index in [0.717, 1.165) is 33.2 Å². The van der Waals surface area contributed by atoms with Crippen LogP contribution in [0.2, 0.25) is 0 Å². The van der Waals surface area contributed by atoms with Crippen molar-refractivity contribution in [2.75, 3.05) is 6.61 Å². The van der Waals surface area contributed by atoms with Crippen molar-refractivity contribution in [2.45, 2.75) is 31.5 Å². The molecule has 1 saturated heterocycles. The number of hydrogen-bond acceptors (Lipinski definition) is 7. The number of aliphatic hydroxyl groups is 3. The number of benzene rings is 1. The molecular weight excluding hydrogens is 372 g/mol. The fourth-order valence-electron chi connectivity index (χ4n) is 3.95. The highest BCUT2D eigenvalue weighted by Crippen LogP contribution is 2.37. The number of pyridine rings is 1. The Morgan fingerprint density at radius 1 is 1.07 bits per heavy atom. The van der Waals surface area contributed by atoms with Gasteiger partial charge in [0.2, 0.25) is 0 Å². The van der Waals surface area contributed by atoms with Crippen LogP contribution in [0, 0.1) is 6.92 Å². The smallest absolute Gasteiger partial charge is 0.164 e. The molecule has 0 amide bonds. The number of para-hydroxylation sites is 1. The van der Waals surface area contributed by atoms with Crippen molar-refractivity contribution in [1.29, 1.82) is 0 Å². The third kappa shape index (κ3) is 2.80. The number of nitrogens with zero attached hydrogens (tertiary/aromatic N) is 4. The molecule has 8 nitrogen and oxygen atoms in total. The summed E-state index contributed by atoms with van der Waals surface area (Å²) in [6.45, 7) is 1.50. The van der Waals surface area contributed by atoms with Crippen molar-refractivity contribution in [1.82, 2.24) is 19.5 Å². The van der Waals surface area contributed by atoms with Crippen LogP contribution in [0.4, 0.5) is 0 Å². The third-order valence-corrected chi connectivity index (χ3v) is 5.46. The molecule has 1 aromatic carbocycles. The van der Waals surface area contributed by atoms with Crippen LogP contribution >= 0.6 is 0 Å². The van der Waals surface area contributed by atoms with Crippen molar-refractivity contribution in [3.63, 3.8) is 0 Å². The van der Waals surface area contributed by atoms with E-state index in [-0.39, 0.29) is 6.61 Å². The van der Waals surface area contributed by atoms with Gasteiger partial charge >= 0.3 is 0 Å². The molecule has 0 radical (unpaired) electrons. The van der Waals surface area contributed by atoms with Gasteiger partial charge in [0.05, 0.1) is 23.5 Å². The van der Waals surface area contributed by atoms with Gasteiger partial charge in [0, 0.05) is 22.5 Å². The molecule has 148 valence electrons. The summed E-state index contributed by atoms with van der Waals surface area (Å²) in [6, 6.07) is 11.8. The Kier molecular flexibility index (Phi) is 4.29. The Morgan fingerprint density at radius 2 is 1.90 bits per heavy atom. The SMILES string of the molecule is Cc1ncnc2c1c(-c1ccc3ccccc3n1)cn2[C@@H]1O[C@H](CO)[C@@H](O)[C@H]1O. The molecule has 3 N–H and O–H groups in total. The minimum absolute atomic E-state index is 0.388. The van der Waals surface area contributed by atoms with E-state index in [1.807, 2.05) is 49.5 Å². The second-order valence-electron chi connectivity index (χ2n) is 7.23. The van der Waals surface area contributed by atoms with Gasteiger partial charge in [-0.25, -0.2) is 15.0 Å². The molecule has 0 saturated carbocycles. The second kappa shape index (κ2) is 6.85. The molecule has 3 aromatic heterocycles. The van der Waals surface area contributed by atoms with Gasteiger partial charge in [0.25, 0.3) is 0 Å². The summed E-state index contributed by atoms with van der Waals surface area (Å²) >= 11 is 0. The number of aromatic nitrogens is 4. The van der Waals surface area contributed by atoms with Gasteiger partial charge in [-0.3, -0.25) is 0 Å². The Balaban J connectivity index is 1.71. The molecule has 0 bridgehead atoms. The molecule has 4 aromatic rings. The van der Waals surface area contributed by atoms with Gasteiger partial charge in [-0.15, -0.1) is 0 Å². The van der Waals surface area contributed by atoms with Crippen molar-refractivity contribution in [3.8, 4) is 11.3 Å². The molecule has 29 heavy (non-hydrogen) atoms. The molecule has 1 fully saturated rings. The first-order chi connectivity index (χ1) is 14.1. The first-order valence-corrected chi connectivity index (χ1v) is 9.39. The zero-order valence-electron chi connectivity index (χ0n) is 15.7. The normalized spacial score (nSPS) is 24.6. The lowest BCUT2D eigenvalue weighted by Gasteiger charge is -2.17. The lowest BCUT2D eigenvalue weighted by atomic mass is 10.1. The number of rotatable bonds is 3. The van der Waals surface area contributed by atoms with Gasteiger partial charge in [-0.1, -0.05) is 24.3 Å². The number of ether oxygens (including phenoxy) is 1. The Morgan fingerprint density at radius 3 is 2.69 bits per heavy atom. The highest BCUT2D eigenvalue weighted by atomic mass is 16.6. The van der Waals surface area contributed by atoms with Gasteiger partial charge in [-0.2, -0.15) is 0 Å². The van der Waals surface area contributed by atoms with E-state index in [2.05, 4.69) is 9.97 Å². The molecule has 8 heteroatoms. The summed E-state index contributed by atoms with van der Waals surface area (Å²) in [5.74, 6) is 0. The summed E-state index contributed by atoms with van der Waals surface area (Å²) in [4.78, 5) is 13.5. The Bertz CT molecular complexity index is 1210. The average Bonchev–Trinajstić information content (AvgIpc) is 3.26. The summed E-state index contributed by atoms with van der Waals surface area (Å²) in [5.41, 5.74) is 3.76. The zero-order chi connectivity index (χ0) is 20.1. The maximum Gasteiger partial charge on any atom is 0.164 e. The summed E-state index contributed by atoms with van der Waals surface area (Å²) < 4.78 is 7.40. The highest BCUT2D eigenvalue weighted by Gasteiger charge is 2.44. The van der Waals surface area contributed by atoms with Crippen molar-refractivity contribution < 1.29 is 20.1 Å². The molecule has 1 aliphatic heterocycles. The van der Waals surface area contributed by atoms with Gasteiger partial charge in [0.1, 0.15) is 30.3 Å². The van der Waals surface area contributed by atoms with E-state index >= 15 is 0 Å². The summed E-state index contributed by atoms with van der Waals surface area (Å²) in [5, 5.41) is 31.9. The van der Waals surface area contributed by atoms with Gasteiger partial charge < -0.3 is 24.6 Å². The van der Waals surface area contributed by atoms with Gasteiger partial charge in [0.15, 0.2) is 6.23 Å². The van der Waals surface area contributed by atoms with Crippen molar-refractivity contribution >= 4 is 21.9 Å². The molecule has 4 atom stereocenters. The first-order valence-electron chi connectivity index (χ1n) is 9.39. The average molecular weight is 392 g/mol. The summed E-state index contributed by atoms with van der Waals surface area (Å²) in [6.07, 6.45) is -0.870. The van der Waals surface area contributed by atoms with Crippen LogP contribution in [0.1, 0.15) is 11.9 Å². The maximum absolute atomic E-state index is 10.5. The fraction of sp³-hybridized carbons (Fsp3) is 0.286. The molecule has 5 rings (SSSR count). The first kappa shape index (κ1) is 18.1. The second-order valence-corrected chi connectivity index (χ2v) is 7.23. The third-order valence-electron chi connectivity index (χ3n) is 5.46. The topological polar surface area (TPSA) is 114 Å². The monoisotopic (exact) mass is 392 g/mol. The predicted octanol–water partition coefficient (Wildman–Crippen LogP) is 1.57. The highest BCUT2D eigenvalue weighted by molar-refractivity contribution is 5.96. The standard InChI is InChI=1S/C21H20N4O4/c1-11-17-13(15-7-6-12-4-2-3-5-14(12)24-15)8-25(20(17)23-10-22-11)21-19(28)18(27)16(9-26)29-21/h2-8,10,16,18-19,21,26-28H,9H2,1H3/t16-,18-,19-,21-/m1/s1. The van der Waals surface area contributed by atoms with Crippen molar-refractivity contribution in [2.24, 2.45) is 0 Å². The van der Waals surface area contributed by atoms with Crippen LogP contribution in [0.25, 0.3) is 33.2 Å². The van der Waals surface area contributed by atoms with Crippen LogP contribution in [0.5, 0.6) is 0 Å². The molecule has 1 aliphatic rings. The number of hydrogen-bond donors (Lipinski definition) is 3. The van der Waals surface area contributed by atoms with E-state index in [9.17, 15) is 15.3 Å². The van der Waals surface area contributed by atoms with Crippen molar-refractivity contribution in [3.05, 3.63) is 54.6 Å². The molecule has 0 aliphatic carbocycles. The molecule has 0 spiro atoms. The predicted molar refractivity (Wildman–Crippen MR) is 106 cm³/mol. The lowest BCUT2D eigenvalue weighted by Crippen LogP contribution is -2.33. The largest absolute Gasteiger partial charge is 0.394 e. The van der Waals surface area contributed by atoms with Crippen LogP contribution in [-0.4, -0.2) is 59.8 Å². The number of aryl methyl sites for hydroxylation is 1. The molecule has 4 heterocycles. The number of fused-ring (bicyclic) bond motifs is 2. The minimum atomic E-state index is -1.20. The quantitative estimate of drug-likeness (QED) is 0.485. The zero-order valence-corrected chi connectivity index (χ0v) is 15.7. The van der Waals surface area contributed by atoms with Gasteiger partial charge in [-0.05, 0) is 19.1 Å². The van der Waals surface area contributed by atoms with Crippen LogP contribution in [-0.2, 0) is 4.74 Å². The molecular formula is C21H20N4O4. The van der Waals surface area contributed by atoms with Crippen LogP contribution in [0.15, 0.2) is 48.9 Å². The molecule has 0 unspecified atom stereocenters. The Labute approximate surface area is 166 Å². The van der Waals surface area contributed by atoms with E-state index in [0.29, 0.717) is 5.65 Å². The summed E-state index contributed by atoms with van der Waals surface area (Å²) in [7, 11) is 0. The van der Waals surface area contributed by atoms with E-state index < -0.39 is 24.5 Å². The fourth-order valence-corrected chi connectivity index (χ4v) is 3.95. The Hall–Kier alpha value is -2.91. The maximum atomic E-state index is 10.5. The van der Waals surface area contributed by atoms with Crippen LogP contribution in [0.3, 0.4) is 0 Å². The van der Waals surface area contributed by atoms with E-state index in [4.69, 9.17) is 9.72 Å². The van der Waals surface area contributed by atoms with E-state index in [1.54, 1.807) is 4.57 Å². The van der Waals surface area contributed by atoms with E-state index in [1.165, 1.54) is 6.33 Å². The minimum Gasteiger partial charge on any atom is -0.394 e. The van der Waals surface area contributed by atoms with Crippen LogP contribution < -0.4 is 0 Å².